The number of aromatic nitrogens is 3. The van der Waals surface area contributed by atoms with E-state index in [1.165, 1.54) is 114 Å². The summed E-state index contributed by atoms with van der Waals surface area (Å²) in [7, 11) is 0. The third kappa shape index (κ3) is 4.35. The van der Waals surface area contributed by atoms with Gasteiger partial charge in [-0.25, -0.2) is 0 Å². The van der Waals surface area contributed by atoms with Crippen molar-refractivity contribution >= 4 is 21.8 Å². The monoisotopic (exact) mass is 585 g/mol. The molecule has 0 N–H and O–H groups in total. The van der Waals surface area contributed by atoms with Crippen LogP contribution in [0.2, 0.25) is 0 Å². The quantitative estimate of drug-likeness (QED) is 0.194. The SMILES string of the molecule is Cc1ccc2ccc3c(-c4ccnc(-c5ccc6c(c5)C5(CCCCC5)c5ccccc5-6)c4)cc(C4CCCCC4)nc3c2n1. The van der Waals surface area contributed by atoms with Gasteiger partial charge >= 0.3 is 0 Å². The first kappa shape index (κ1) is 27.0. The first-order chi connectivity index (χ1) is 22.2. The topological polar surface area (TPSA) is 38.7 Å². The maximum absolute atomic E-state index is 5.36. The minimum atomic E-state index is 0.139. The van der Waals surface area contributed by atoms with E-state index in [2.05, 4.69) is 91.9 Å². The van der Waals surface area contributed by atoms with Crippen LogP contribution in [0.25, 0.3) is 55.3 Å². The van der Waals surface area contributed by atoms with Crippen molar-refractivity contribution in [3.63, 3.8) is 0 Å². The molecule has 0 saturated heterocycles. The molecule has 3 aromatic carbocycles. The summed E-state index contributed by atoms with van der Waals surface area (Å²) < 4.78 is 0. The largest absolute Gasteiger partial charge is 0.256 e. The molecule has 0 bridgehead atoms. The predicted molar refractivity (Wildman–Crippen MR) is 186 cm³/mol. The molecule has 9 rings (SSSR count). The number of hydrogen-bond acceptors (Lipinski definition) is 3. The second-order valence-electron chi connectivity index (χ2n) is 13.8. The average Bonchev–Trinajstić information content (AvgIpc) is 3.36. The zero-order valence-corrected chi connectivity index (χ0v) is 26.2. The molecule has 0 amide bonds. The van der Waals surface area contributed by atoms with Crippen LogP contribution in [0.5, 0.6) is 0 Å². The summed E-state index contributed by atoms with van der Waals surface area (Å²) >= 11 is 0. The Morgan fingerprint density at radius 2 is 1.42 bits per heavy atom. The lowest BCUT2D eigenvalue weighted by Gasteiger charge is -2.36. The Balaban J connectivity index is 1.20. The van der Waals surface area contributed by atoms with Gasteiger partial charge in [0, 0.05) is 45.3 Å². The van der Waals surface area contributed by atoms with Gasteiger partial charge in [-0.1, -0.05) is 93.1 Å². The molecule has 3 aliphatic carbocycles. The van der Waals surface area contributed by atoms with E-state index in [0.29, 0.717) is 5.92 Å². The summed E-state index contributed by atoms with van der Waals surface area (Å²) in [5, 5.41) is 2.32. The Labute approximate surface area is 265 Å². The molecule has 3 aromatic heterocycles. The number of fused-ring (bicyclic) bond motifs is 8. The van der Waals surface area contributed by atoms with Gasteiger partial charge in [0.25, 0.3) is 0 Å². The lowest BCUT2D eigenvalue weighted by atomic mass is 9.67. The van der Waals surface area contributed by atoms with Crippen LogP contribution in [0.4, 0.5) is 0 Å². The minimum absolute atomic E-state index is 0.139. The van der Waals surface area contributed by atoms with Gasteiger partial charge in [-0.3, -0.25) is 15.0 Å². The summed E-state index contributed by atoms with van der Waals surface area (Å²) in [5.74, 6) is 0.508. The van der Waals surface area contributed by atoms with Gasteiger partial charge in [0.1, 0.15) is 0 Å². The van der Waals surface area contributed by atoms with Crippen LogP contribution >= 0.6 is 0 Å². The Hall–Kier alpha value is -4.37. The van der Waals surface area contributed by atoms with Crippen LogP contribution in [0.3, 0.4) is 0 Å². The molecule has 3 aliphatic rings. The van der Waals surface area contributed by atoms with Gasteiger partial charge in [0.05, 0.1) is 16.7 Å². The molecule has 2 saturated carbocycles. The van der Waals surface area contributed by atoms with E-state index in [4.69, 9.17) is 15.0 Å². The molecule has 0 aliphatic heterocycles. The molecule has 6 aromatic rings. The van der Waals surface area contributed by atoms with Gasteiger partial charge in [0.15, 0.2) is 0 Å². The smallest absolute Gasteiger partial charge is 0.0974 e. The molecular weight excluding hydrogens is 546 g/mol. The molecule has 3 heteroatoms. The fourth-order valence-electron chi connectivity index (χ4n) is 8.90. The van der Waals surface area contributed by atoms with Crippen LogP contribution < -0.4 is 0 Å². The summed E-state index contributed by atoms with van der Waals surface area (Å²) in [4.78, 5) is 15.3. The molecule has 0 radical (unpaired) electrons. The molecule has 1 spiro atoms. The Morgan fingerprint density at radius 3 is 2.31 bits per heavy atom. The van der Waals surface area contributed by atoms with Crippen LogP contribution in [0, 0.1) is 6.92 Å². The highest BCUT2D eigenvalue weighted by Gasteiger charge is 2.43. The number of hydrogen-bond donors (Lipinski definition) is 0. The summed E-state index contributed by atoms with van der Waals surface area (Å²) in [5.41, 5.74) is 15.0. The number of rotatable bonds is 3. The van der Waals surface area contributed by atoms with E-state index >= 15 is 0 Å². The lowest BCUT2D eigenvalue weighted by molar-refractivity contribution is 0.353. The van der Waals surface area contributed by atoms with Crippen molar-refractivity contribution in [1.82, 2.24) is 15.0 Å². The predicted octanol–water partition coefficient (Wildman–Crippen LogP) is 11.1. The van der Waals surface area contributed by atoms with Crippen molar-refractivity contribution in [2.45, 2.75) is 82.5 Å². The molecule has 45 heavy (non-hydrogen) atoms. The molecule has 2 fully saturated rings. The third-order valence-corrected chi connectivity index (χ3v) is 11.2. The van der Waals surface area contributed by atoms with Crippen molar-refractivity contribution in [3.05, 3.63) is 114 Å². The van der Waals surface area contributed by atoms with E-state index in [0.717, 1.165) is 27.8 Å². The van der Waals surface area contributed by atoms with E-state index in [9.17, 15) is 0 Å². The highest BCUT2D eigenvalue weighted by atomic mass is 14.8. The van der Waals surface area contributed by atoms with E-state index in [1.54, 1.807) is 0 Å². The zero-order chi connectivity index (χ0) is 30.0. The van der Waals surface area contributed by atoms with Crippen molar-refractivity contribution in [2.24, 2.45) is 0 Å². The van der Waals surface area contributed by atoms with E-state index in [-0.39, 0.29) is 5.41 Å². The number of pyridine rings is 3. The standard InChI is InChI=1S/C42H39N3/c1-27-14-15-29-16-19-34-35(26-39(28-10-4-2-5-11-28)45-41(34)40(29)44-27)30-20-23-43-38(25-30)31-17-18-33-32-12-6-7-13-36(32)42(37(33)24-31)21-8-3-9-22-42/h6-7,12-20,23-26,28H,2-5,8-11,21-22H2,1H3. The van der Waals surface area contributed by atoms with Gasteiger partial charge in [-0.05, 0) is 96.3 Å². The molecule has 0 atom stereocenters. The fourth-order valence-corrected chi connectivity index (χ4v) is 8.90. The lowest BCUT2D eigenvalue weighted by Crippen LogP contribution is -2.28. The molecule has 3 nitrogen and oxygen atoms in total. The summed E-state index contributed by atoms with van der Waals surface area (Å²) in [6.45, 7) is 2.08. The molecule has 222 valence electrons. The van der Waals surface area contributed by atoms with Crippen LogP contribution in [0.1, 0.15) is 92.6 Å². The molecule has 0 unspecified atom stereocenters. The van der Waals surface area contributed by atoms with Gasteiger partial charge in [0.2, 0.25) is 0 Å². The van der Waals surface area contributed by atoms with Gasteiger partial charge < -0.3 is 0 Å². The third-order valence-electron chi connectivity index (χ3n) is 11.2. The highest BCUT2D eigenvalue weighted by molar-refractivity contribution is 6.08. The van der Waals surface area contributed by atoms with Crippen molar-refractivity contribution in [1.29, 1.82) is 0 Å². The second kappa shape index (κ2) is 10.6. The van der Waals surface area contributed by atoms with Crippen molar-refractivity contribution in [3.8, 4) is 33.5 Å². The zero-order valence-electron chi connectivity index (χ0n) is 26.2. The van der Waals surface area contributed by atoms with Crippen molar-refractivity contribution in [2.75, 3.05) is 0 Å². The van der Waals surface area contributed by atoms with E-state index in [1.807, 2.05) is 6.20 Å². The first-order valence-electron chi connectivity index (χ1n) is 17.1. The summed E-state index contributed by atoms with van der Waals surface area (Å²) in [6, 6.07) is 31.9. The maximum atomic E-state index is 5.36. The molecule has 3 heterocycles. The maximum Gasteiger partial charge on any atom is 0.0974 e. The fraction of sp³-hybridized carbons (Fsp3) is 0.310. The van der Waals surface area contributed by atoms with E-state index < -0.39 is 0 Å². The first-order valence-corrected chi connectivity index (χ1v) is 17.1. The Kier molecular flexibility index (Phi) is 6.37. The molecular formula is C42H39N3. The second-order valence-corrected chi connectivity index (χ2v) is 13.8. The Bertz CT molecular complexity index is 2100. The van der Waals surface area contributed by atoms with Gasteiger partial charge in [-0.15, -0.1) is 0 Å². The van der Waals surface area contributed by atoms with Crippen LogP contribution in [-0.4, -0.2) is 15.0 Å². The summed E-state index contributed by atoms with van der Waals surface area (Å²) in [6.07, 6.45) is 14.8. The van der Waals surface area contributed by atoms with Crippen molar-refractivity contribution < 1.29 is 0 Å². The Morgan fingerprint density at radius 1 is 0.622 bits per heavy atom. The normalized spacial score (nSPS) is 17.5. The van der Waals surface area contributed by atoms with Crippen LogP contribution in [-0.2, 0) is 5.41 Å². The highest BCUT2D eigenvalue weighted by Crippen LogP contribution is 2.56. The minimum Gasteiger partial charge on any atom is -0.256 e. The number of aryl methyl sites for hydroxylation is 1. The number of nitrogens with zero attached hydrogens (tertiary/aromatic N) is 3. The van der Waals surface area contributed by atoms with Crippen LogP contribution in [0.15, 0.2) is 91.1 Å². The van der Waals surface area contributed by atoms with Gasteiger partial charge in [-0.2, -0.15) is 0 Å². The number of benzene rings is 3. The average molecular weight is 586 g/mol.